The van der Waals surface area contributed by atoms with Gasteiger partial charge in [0, 0.05) is 0 Å². The van der Waals surface area contributed by atoms with Gasteiger partial charge in [0.1, 0.15) is 11.6 Å². The lowest BCUT2D eigenvalue weighted by molar-refractivity contribution is 0.428. The van der Waals surface area contributed by atoms with Crippen LogP contribution in [0.5, 0.6) is 0 Å². The van der Waals surface area contributed by atoms with E-state index in [4.69, 9.17) is 11.1 Å². The second kappa shape index (κ2) is 4.38. The van der Waals surface area contributed by atoms with Gasteiger partial charge in [-0.05, 0) is 19.9 Å². The quantitative estimate of drug-likeness (QED) is 0.259. The summed E-state index contributed by atoms with van der Waals surface area (Å²) < 4.78 is 0. The Morgan fingerprint density at radius 2 is 1.92 bits per heavy atom. The molecule has 0 atom stereocenters. The number of amidine groups is 1. The van der Waals surface area contributed by atoms with Crippen LogP contribution in [-0.2, 0) is 0 Å². The first-order chi connectivity index (χ1) is 5.45. The van der Waals surface area contributed by atoms with E-state index in [0.717, 1.165) is 5.57 Å². The monoisotopic (exact) mass is 166 g/mol. The maximum Gasteiger partial charge on any atom is 0.125 e. The predicted octanol–water partition coefficient (Wildman–Crippen LogP) is 1.89. The Bertz CT molecular complexity index is 258. The third kappa shape index (κ3) is 3.61. The number of nitrogens with two attached hydrogens (primary N) is 1. The molecule has 0 aromatic rings. The van der Waals surface area contributed by atoms with Gasteiger partial charge >= 0.3 is 0 Å². The first kappa shape index (κ1) is 10.5. The van der Waals surface area contributed by atoms with Gasteiger partial charge in [0.25, 0.3) is 0 Å². The number of hydrogen-bond donors (Lipinski definition) is 3. The predicted molar refractivity (Wildman–Crippen MR) is 51.2 cm³/mol. The molecule has 0 aliphatic heterocycles. The molecule has 0 aliphatic rings. The molecule has 0 rings (SSSR count). The SMILES string of the molecule is C=C(C(=N)N)/C(O)=C\C=C(C)C. The van der Waals surface area contributed by atoms with Crippen LogP contribution in [0.1, 0.15) is 13.8 Å². The van der Waals surface area contributed by atoms with Crippen LogP contribution in [0, 0.1) is 5.41 Å². The largest absolute Gasteiger partial charge is 0.507 e. The molecule has 0 saturated heterocycles. The molecule has 66 valence electrons. The van der Waals surface area contributed by atoms with E-state index >= 15 is 0 Å². The fourth-order valence-electron chi connectivity index (χ4n) is 0.484. The summed E-state index contributed by atoms with van der Waals surface area (Å²) in [5, 5.41) is 16.2. The molecule has 0 spiro atoms. The number of hydrogen-bond acceptors (Lipinski definition) is 2. The van der Waals surface area contributed by atoms with E-state index in [1.807, 2.05) is 13.8 Å². The van der Waals surface area contributed by atoms with Gasteiger partial charge in [-0.15, -0.1) is 0 Å². The molecule has 0 saturated carbocycles. The van der Waals surface area contributed by atoms with Crippen molar-refractivity contribution >= 4 is 5.84 Å². The number of nitrogens with one attached hydrogen (secondary N) is 1. The zero-order chi connectivity index (χ0) is 9.72. The highest BCUT2D eigenvalue weighted by Gasteiger charge is 2.00. The maximum absolute atomic E-state index is 9.23. The van der Waals surface area contributed by atoms with Crippen molar-refractivity contribution in [1.82, 2.24) is 0 Å². The smallest absolute Gasteiger partial charge is 0.125 e. The van der Waals surface area contributed by atoms with Crippen molar-refractivity contribution in [3.63, 3.8) is 0 Å². The topological polar surface area (TPSA) is 70.1 Å². The molecule has 0 amide bonds. The summed E-state index contributed by atoms with van der Waals surface area (Å²) in [4.78, 5) is 0. The summed E-state index contributed by atoms with van der Waals surface area (Å²) in [6, 6.07) is 0. The Kier molecular flexibility index (Phi) is 3.83. The minimum absolute atomic E-state index is 0.0660. The molecular weight excluding hydrogens is 152 g/mol. The Hall–Kier alpha value is -1.51. The Morgan fingerprint density at radius 1 is 1.42 bits per heavy atom. The standard InChI is InChI=1S/C9H14N2O/c1-6(2)4-5-8(12)7(3)9(10)11/h4-5,12H,3H2,1-2H3,(H3,10,11)/b8-5+. The molecular formula is C9H14N2O. The van der Waals surface area contributed by atoms with Crippen molar-refractivity contribution in [2.75, 3.05) is 0 Å². The van der Waals surface area contributed by atoms with Crippen LogP contribution in [0.15, 0.2) is 35.6 Å². The molecule has 0 aromatic carbocycles. The van der Waals surface area contributed by atoms with Crippen molar-refractivity contribution in [3.8, 4) is 0 Å². The number of rotatable bonds is 3. The van der Waals surface area contributed by atoms with Crippen molar-refractivity contribution in [3.05, 3.63) is 35.6 Å². The number of aliphatic hydroxyl groups excluding tert-OH is 1. The number of allylic oxidation sites excluding steroid dienone is 3. The molecule has 0 fully saturated rings. The average molecular weight is 166 g/mol. The van der Waals surface area contributed by atoms with Crippen LogP contribution in [0.4, 0.5) is 0 Å². The van der Waals surface area contributed by atoms with E-state index in [0.29, 0.717) is 0 Å². The summed E-state index contributed by atoms with van der Waals surface area (Å²) >= 11 is 0. The second-order valence-corrected chi connectivity index (χ2v) is 2.69. The summed E-state index contributed by atoms with van der Waals surface area (Å²) in [5.74, 6) is -0.283. The first-order valence-corrected chi connectivity index (χ1v) is 3.53. The third-order valence-corrected chi connectivity index (χ3v) is 1.21. The molecule has 12 heavy (non-hydrogen) atoms. The van der Waals surface area contributed by atoms with Crippen LogP contribution in [-0.4, -0.2) is 10.9 Å². The lowest BCUT2D eigenvalue weighted by atomic mass is 10.2. The summed E-state index contributed by atoms with van der Waals surface area (Å²) in [6.45, 7) is 7.24. The van der Waals surface area contributed by atoms with Crippen molar-refractivity contribution in [2.24, 2.45) is 5.73 Å². The molecule has 0 heterocycles. The fourth-order valence-corrected chi connectivity index (χ4v) is 0.484. The minimum atomic E-state index is -0.217. The summed E-state index contributed by atoms with van der Waals surface area (Å²) in [5.41, 5.74) is 6.30. The number of aliphatic hydroxyl groups is 1. The Labute approximate surface area is 72.4 Å². The van der Waals surface area contributed by atoms with Crippen LogP contribution in [0.25, 0.3) is 0 Å². The molecule has 0 radical (unpaired) electrons. The molecule has 3 heteroatoms. The normalized spacial score (nSPS) is 10.7. The highest BCUT2D eigenvalue weighted by atomic mass is 16.3. The van der Waals surface area contributed by atoms with Crippen molar-refractivity contribution < 1.29 is 5.11 Å². The molecule has 0 unspecified atom stereocenters. The summed E-state index contributed by atoms with van der Waals surface area (Å²) in [7, 11) is 0. The Balaban J connectivity index is 4.49. The van der Waals surface area contributed by atoms with Crippen LogP contribution in [0.2, 0.25) is 0 Å². The highest BCUT2D eigenvalue weighted by molar-refractivity contribution is 5.97. The Morgan fingerprint density at radius 3 is 2.25 bits per heavy atom. The van der Waals surface area contributed by atoms with E-state index in [2.05, 4.69) is 6.58 Å². The zero-order valence-electron chi connectivity index (χ0n) is 7.39. The van der Waals surface area contributed by atoms with Crippen LogP contribution in [0.3, 0.4) is 0 Å². The van der Waals surface area contributed by atoms with Gasteiger partial charge in [-0.1, -0.05) is 18.2 Å². The average Bonchev–Trinajstić information content (AvgIpc) is 1.98. The molecule has 3 nitrogen and oxygen atoms in total. The minimum Gasteiger partial charge on any atom is -0.507 e. The van der Waals surface area contributed by atoms with Crippen LogP contribution >= 0.6 is 0 Å². The lowest BCUT2D eigenvalue weighted by Gasteiger charge is -1.99. The molecule has 0 aliphatic carbocycles. The molecule has 4 N–H and O–H groups in total. The van der Waals surface area contributed by atoms with Gasteiger partial charge < -0.3 is 10.8 Å². The van der Waals surface area contributed by atoms with Gasteiger partial charge in [0.15, 0.2) is 0 Å². The van der Waals surface area contributed by atoms with E-state index in [1.165, 1.54) is 6.08 Å². The van der Waals surface area contributed by atoms with E-state index in [-0.39, 0.29) is 17.2 Å². The van der Waals surface area contributed by atoms with Gasteiger partial charge in [-0.25, -0.2) is 0 Å². The van der Waals surface area contributed by atoms with Crippen LogP contribution < -0.4 is 5.73 Å². The van der Waals surface area contributed by atoms with Gasteiger partial charge in [-0.2, -0.15) is 0 Å². The third-order valence-electron chi connectivity index (χ3n) is 1.21. The summed E-state index contributed by atoms with van der Waals surface area (Å²) in [6.07, 6.45) is 3.20. The first-order valence-electron chi connectivity index (χ1n) is 3.53. The van der Waals surface area contributed by atoms with E-state index < -0.39 is 0 Å². The van der Waals surface area contributed by atoms with Crippen molar-refractivity contribution in [2.45, 2.75) is 13.8 Å². The van der Waals surface area contributed by atoms with Gasteiger partial charge in [-0.3, -0.25) is 5.41 Å². The van der Waals surface area contributed by atoms with Gasteiger partial charge in [0.05, 0.1) is 5.57 Å². The van der Waals surface area contributed by atoms with Crippen molar-refractivity contribution in [1.29, 1.82) is 5.41 Å². The van der Waals surface area contributed by atoms with E-state index in [9.17, 15) is 5.11 Å². The lowest BCUT2D eigenvalue weighted by Crippen LogP contribution is -2.13. The maximum atomic E-state index is 9.23. The van der Waals surface area contributed by atoms with Gasteiger partial charge in [0.2, 0.25) is 0 Å². The molecule has 0 aromatic heterocycles. The van der Waals surface area contributed by atoms with E-state index in [1.54, 1.807) is 6.08 Å². The molecule has 0 bridgehead atoms. The zero-order valence-corrected chi connectivity index (χ0v) is 7.39. The fraction of sp³-hybridized carbons (Fsp3) is 0.222. The second-order valence-electron chi connectivity index (χ2n) is 2.69. The highest BCUT2D eigenvalue weighted by Crippen LogP contribution is 2.03.